The molecule has 0 radical (unpaired) electrons. The summed E-state index contributed by atoms with van der Waals surface area (Å²) in [5.41, 5.74) is 2.00. The van der Waals surface area contributed by atoms with Crippen LogP contribution in [0.25, 0.3) is 0 Å². The number of sulfone groups is 1. The summed E-state index contributed by atoms with van der Waals surface area (Å²) in [6.45, 7) is 0. The molecule has 118 valence electrons. The minimum atomic E-state index is -3.09. The Morgan fingerprint density at radius 1 is 0.913 bits per heavy atom. The molecule has 0 aromatic heterocycles. The molecule has 2 bridgehead atoms. The normalized spacial score (nSPS) is 35.9. The molecule has 0 N–H and O–H groups in total. The van der Waals surface area contributed by atoms with Crippen molar-refractivity contribution in [3.8, 4) is 0 Å². The van der Waals surface area contributed by atoms with E-state index in [1.165, 1.54) is 4.90 Å². The average molecular weight is 329 g/mol. The van der Waals surface area contributed by atoms with Crippen molar-refractivity contribution >= 4 is 27.3 Å². The van der Waals surface area contributed by atoms with E-state index < -0.39 is 9.84 Å². The van der Waals surface area contributed by atoms with E-state index in [-0.39, 0.29) is 47.0 Å². The second-order valence-electron chi connectivity index (χ2n) is 7.00. The van der Waals surface area contributed by atoms with Crippen LogP contribution in [0.1, 0.15) is 17.5 Å². The largest absolute Gasteiger partial charge is 0.274 e. The third kappa shape index (κ3) is 1.70. The Hall–Kier alpha value is -1.95. The van der Waals surface area contributed by atoms with Gasteiger partial charge in [-0.2, -0.15) is 0 Å². The van der Waals surface area contributed by atoms with Gasteiger partial charge in [-0.05, 0) is 41.5 Å². The van der Waals surface area contributed by atoms with Crippen molar-refractivity contribution in [2.45, 2.75) is 17.9 Å². The van der Waals surface area contributed by atoms with E-state index in [9.17, 15) is 18.0 Å². The summed E-state index contributed by atoms with van der Waals surface area (Å²) in [5, 5.41) is 0. The van der Waals surface area contributed by atoms with Gasteiger partial charge in [-0.25, -0.2) is 8.42 Å². The Kier molecular flexibility index (Phi) is 2.41. The van der Waals surface area contributed by atoms with Gasteiger partial charge in [0.05, 0.1) is 29.0 Å². The van der Waals surface area contributed by atoms with Crippen molar-refractivity contribution < 1.29 is 18.0 Å². The third-order valence-electron chi connectivity index (χ3n) is 5.67. The van der Waals surface area contributed by atoms with Gasteiger partial charge in [0.1, 0.15) is 0 Å². The number of hydrogen-bond acceptors (Lipinski definition) is 4. The smallest absolute Gasteiger partial charge is 0.238 e. The average Bonchev–Trinajstić information content (AvgIpc) is 3.20. The lowest BCUT2D eigenvalue weighted by Gasteiger charge is -2.18. The minimum absolute atomic E-state index is 0.00788. The van der Waals surface area contributed by atoms with Crippen LogP contribution < -0.4 is 4.90 Å². The molecule has 2 aliphatic heterocycles. The van der Waals surface area contributed by atoms with Crippen molar-refractivity contribution in [2.75, 3.05) is 4.90 Å². The molecule has 2 aliphatic carbocycles. The molecule has 6 heteroatoms. The maximum Gasteiger partial charge on any atom is 0.238 e. The van der Waals surface area contributed by atoms with Crippen LogP contribution in [0, 0.1) is 23.7 Å². The lowest BCUT2D eigenvalue weighted by Crippen LogP contribution is -2.32. The van der Waals surface area contributed by atoms with Crippen LogP contribution in [0.2, 0.25) is 0 Å². The number of anilines is 1. The number of imide groups is 1. The van der Waals surface area contributed by atoms with Crippen LogP contribution in [0.5, 0.6) is 0 Å². The van der Waals surface area contributed by atoms with Crippen LogP contribution in [0.3, 0.4) is 0 Å². The standard InChI is InChI=1S/C17H15NO4S/c19-16-14-9-1-2-10(5-9)15(14)17(20)18(16)13-4-3-11-7-23(21,22)8-12(11)6-13/h1-4,6,9-10,14-15H,5,7-8H2/t9-,10+,14-,15+. The van der Waals surface area contributed by atoms with Crippen molar-refractivity contribution in [1.82, 2.24) is 0 Å². The number of hydrogen-bond donors (Lipinski definition) is 0. The first-order valence-corrected chi connectivity index (χ1v) is 9.65. The Bertz CT molecular complexity index is 871. The van der Waals surface area contributed by atoms with Gasteiger partial charge in [0, 0.05) is 0 Å². The second kappa shape index (κ2) is 4.12. The van der Waals surface area contributed by atoms with Crippen molar-refractivity contribution in [1.29, 1.82) is 0 Å². The molecular weight excluding hydrogens is 314 g/mol. The predicted octanol–water partition coefficient (Wildman–Crippen LogP) is 1.43. The van der Waals surface area contributed by atoms with Crippen molar-refractivity contribution in [3.63, 3.8) is 0 Å². The lowest BCUT2D eigenvalue weighted by molar-refractivity contribution is -0.123. The quantitative estimate of drug-likeness (QED) is 0.577. The molecule has 1 aromatic carbocycles. The van der Waals surface area contributed by atoms with Gasteiger partial charge in [-0.15, -0.1) is 0 Å². The van der Waals surface area contributed by atoms with Crippen LogP contribution >= 0.6 is 0 Å². The van der Waals surface area contributed by atoms with Crippen molar-refractivity contribution in [3.05, 3.63) is 41.5 Å². The molecule has 4 aliphatic rings. The highest BCUT2D eigenvalue weighted by molar-refractivity contribution is 7.90. The summed E-state index contributed by atoms with van der Waals surface area (Å²) < 4.78 is 23.5. The van der Waals surface area contributed by atoms with Gasteiger partial charge in [-0.1, -0.05) is 18.2 Å². The van der Waals surface area contributed by atoms with E-state index in [0.717, 1.165) is 12.0 Å². The number of carbonyl (C=O) groups excluding carboxylic acids is 2. The molecule has 0 spiro atoms. The molecule has 5 nitrogen and oxygen atoms in total. The lowest BCUT2D eigenvalue weighted by atomic mass is 9.85. The first-order valence-electron chi connectivity index (χ1n) is 7.83. The summed E-state index contributed by atoms with van der Waals surface area (Å²) in [7, 11) is -3.09. The fourth-order valence-corrected chi connectivity index (χ4v) is 6.31. The Morgan fingerprint density at radius 3 is 2.17 bits per heavy atom. The van der Waals surface area contributed by atoms with Gasteiger partial charge in [0.2, 0.25) is 11.8 Å². The van der Waals surface area contributed by atoms with Gasteiger partial charge >= 0.3 is 0 Å². The van der Waals surface area contributed by atoms with Crippen LogP contribution in [0.15, 0.2) is 30.4 Å². The molecule has 1 saturated carbocycles. The third-order valence-corrected chi connectivity index (χ3v) is 7.17. The molecule has 2 fully saturated rings. The summed E-state index contributed by atoms with van der Waals surface area (Å²) in [5.74, 6) is -0.308. The van der Waals surface area contributed by atoms with E-state index >= 15 is 0 Å². The fraction of sp³-hybridized carbons (Fsp3) is 0.412. The maximum absolute atomic E-state index is 12.8. The number of fused-ring (bicyclic) bond motifs is 6. The molecular formula is C17H15NO4S. The topological polar surface area (TPSA) is 71.5 Å². The molecule has 1 aromatic rings. The summed E-state index contributed by atoms with van der Waals surface area (Å²) in [6, 6.07) is 5.13. The molecule has 4 atom stereocenters. The number of nitrogens with zero attached hydrogens (tertiary/aromatic N) is 1. The second-order valence-corrected chi connectivity index (χ2v) is 9.06. The van der Waals surface area contributed by atoms with E-state index in [1.54, 1.807) is 18.2 Å². The van der Waals surface area contributed by atoms with Crippen molar-refractivity contribution in [2.24, 2.45) is 23.7 Å². The van der Waals surface area contributed by atoms with Crippen LogP contribution in [-0.2, 0) is 30.9 Å². The Labute approximate surface area is 133 Å². The number of allylic oxidation sites excluding steroid dienone is 2. The summed E-state index contributed by atoms with van der Waals surface area (Å²) in [4.78, 5) is 26.8. The molecule has 23 heavy (non-hydrogen) atoms. The molecule has 5 rings (SSSR count). The molecule has 2 amide bonds. The number of rotatable bonds is 1. The first kappa shape index (κ1) is 13.5. The van der Waals surface area contributed by atoms with E-state index in [4.69, 9.17) is 0 Å². The van der Waals surface area contributed by atoms with Gasteiger partial charge < -0.3 is 0 Å². The SMILES string of the molecule is O=C1[C@@H]2[C@H](C(=O)N1c1ccc3c(c1)CS(=O)(=O)C3)[C@@H]1C=C[C@H]2C1. The maximum atomic E-state index is 12.8. The molecule has 2 heterocycles. The zero-order valence-corrected chi connectivity index (χ0v) is 13.1. The number of benzene rings is 1. The minimum Gasteiger partial charge on any atom is -0.274 e. The van der Waals surface area contributed by atoms with Gasteiger partial charge in [0.15, 0.2) is 9.84 Å². The van der Waals surface area contributed by atoms with E-state index in [0.29, 0.717) is 11.3 Å². The van der Waals surface area contributed by atoms with Gasteiger partial charge in [-0.3, -0.25) is 14.5 Å². The summed E-state index contributed by atoms with van der Waals surface area (Å²) in [6.07, 6.45) is 5.04. The first-order chi connectivity index (χ1) is 10.9. The molecule has 1 saturated heterocycles. The van der Waals surface area contributed by atoms with Crippen LogP contribution in [-0.4, -0.2) is 20.2 Å². The Balaban J connectivity index is 1.55. The predicted molar refractivity (Wildman–Crippen MR) is 83.0 cm³/mol. The highest BCUT2D eigenvalue weighted by Gasteiger charge is 2.59. The van der Waals surface area contributed by atoms with E-state index in [2.05, 4.69) is 12.2 Å². The van der Waals surface area contributed by atoms with Crippen LogP contribution in [0.4, 0.5) is 5.69 Å². The number of carbonyl (C=O) groups is 2. The monoisotopic (exact) mass is 329 g/mol. The number of amides is 2. The fourth-order valence-electron chi connectivity index (χ4n) is 4.71. The van der Waals surface area contributed by atoms with Gasteiger partial charge in [0.25, 0.3) is 0 Å². The highest BCUT2D eigenvalue weighted by atomic mass is 32.2. The van der Waals surface area contributed by atoms with E-state index in [1.807, 2.05) is 0 Å². The molecule has 0 unspecified atom stereocenters. The Morgan fingerprint density at radius 2 is 1.52 bits per heavy atom. The summed E-state index contributed by atoms with van der Waals surface area (Å²) >= 11 is 0. The zero-order valence-electron chi connectivity index (χ0n) is 12.3. The highest BCUT2D eigenvalue weighted by Crippen LogP contribution is 2.53. The zero-order chi connectivity index (χ0) is 15.9.